The third kappa shape index (κ3) is 2.64. The van der Waals surface area contributed by atoms with Crippen LogP contribution >= 0.6 is 0 Å². The van der Waals surface area contributed by atoms with E-state index in [2.05, 4.69) is 11.9 Å². The summed E-state index contributed by atoms with van der Waals surface area (Å²) in [5.41, 5.74) is 3.66. The fourth-order valence-corrected chi connectivity index (χ4v) is 3.06. The molecule has 0 N–H and O–H groups in total. The molecule has 0 saturated heterocycles. The highest BCUT2D eigenvalue weighted by Gasteiger charge is 2.32. The van der Waals surface area contributed by atoms with Crippen molar-refractivity contribution in [3.05, 3.63) is 57.3 Å². The first kappa shape index (κ1) is 16.1. The Balaban J connectivity index is 2.04. The average Bonchev–Trinajstić information content (AvgIpc) is 2.91. The summed E-state index contributed by atoms with van der Waals surface area (Å²) in [5, 5.41) is 11.0. The van der Waals surface area contributed by atoms with Gasteiger partial charge in [-0.15, -0.1) is 0 Å². The molecule has 124 valence electrons. The first-order valence-corrected chi connectivity index (χ1v) is 7.98. The number of hydrogen-bond acceptors (Lipinski definition) is 4. The second-order valence-corrected chi connectivity index (χ2v) is 6.12. The van der Waals surface area contributed by atoms with Gasteiger partial charge in [-0.2, -0.15) is 0 Å². The van der Waals surface area contributed by atoms with Crippen LogP contribution in [0.4, 0.5) is 5.69 Å². The van der Waals surface area contributed by atoms with Crippen LogP contribution in [0.1, 0.15) is 41.9 Å². The molecule has 1 aliphatic heterocycles. The van der Waals surface area contributed by atoms with E-state index in [0.717, 1.165) is 12.0 Å². The number of benzene rings is 1. The monoisotopic (exact) mass is 325 g/mol. The zero-order valence-electron chi connectivity index (χ0n) is 13.9. The lowest BCUT2D eigenvalue weighted by molar-refractivity contribution is -0.384. The molecule has 1 aliphatic rings. The summed E-state index contributed by atoms with van der Waals surface area (Å²) in [6.07, 6.45) is 0.893. The Morgan fingerprint density at radius 2 is 2.12 bits per heavy atom. The highest BCUT2D eigenvalue weighted by Crippen LogP contribution is 2.31. The molecular formula is C18H19N3O3. The summed E-state index contributed by atoms with van der Waals surface area (Å²) in [5.74, 6) is 0.0231. The van der Waals surface area contributed by atoms with Gasteiger partial charge in [-0.3, -0.25) is 19.9 Å². The van der Waals surface area contributed by atoms with Crippen molar-refractivity contribution in [2.24, 2.45) is 0 Å². The minimum absolute atomic E-state index is 0.0231. The van der Waals surface area contributed by atoms with Gasteiger partial charge in [0.25, 0.3) is 11.6 Å². The molecule has 2 heterocycles. The Bertz CT molecular complexity index is 832. The number of aryl methyl sites for hydroxylation is 1. The van der Waals surface area contributed by atoms with Gasteiger partial charge in [0.1, 0.15) is 0 Å². The molecule has 0 spiro atoms. The summed E-state index contributed by atoms with van der Waals surface area (Å²) < 4.78 is 0. The van der Waals surface area contributed by atoms with Crippen molar-refractivity contribution in [3.63, 3.8) is 0 Å². The molecule has 0 saturated carbocycles. The standard InChI is InChI=1S/C18H19N3O3/c1-4-11(2)20-10-14-9-16(19-12(3)17(14)18(20)22)13-6-5-7-15(8-13)21(23)24/h5-9,11H,4,10H2,1-3H3. The molecule has 0 radical (unpaired) electrons. The van der Waals surface area contributed by atoms with Crippen LogP contribution in [0.3, 0.4) is 0 Å². The van der Waals surface area contributed by atoms with Gasteiger partial charge in [0.2, 0.25) is 0 Å². The number of nitro groups is 1. The molecule has 1 amide bonds. The van der Waals surface area contributed by atoms with Crippen LogP contribution < -0.4 is 0 Å². The molecule has 1 unspecified atom stereocenters. The Kier molecular flexibility index (Phi) is 4.05. The van der Waals surface area contributed by atoms with Gasteiger partial charge in [-0.25, -0.2) is 0 Å². The average molecular weight is 325 g/mol. The van der Waals surface area contributed by atoms with Crippen LogP contribution in [0.2, 0.25) is 0 Å². The molecule has 0 aliphatic carbocycles. The van der Waals surface area contributed by atoms with E-state index in [9.17, 15) is 14.9 Å². The second-order valence-electron chi connectivity index (χ2n) is 6.12. The number of pyridine rings is 1. The van der Waals surface area contributed by atoms with E-state index in [0.29, 0.717) is 29.1 Å². The van der Waals surface area contributed by atoms with Gasteiger partial charge >= 0.3 is 0 Å². The molecule has 1 aromatic carbocycles. The molecule has 6 nitrogen and oxygen atoms in total. The number of non-ortho nitro benzene ring substituents is 1. The predicted molar refractivity (Wildman–Crippen MR) is 90.7 cm³/mol. The quantitative estimate of drug-likeness (QED) is 0.634. The summed E-state index contributed by atoms with van der Waals surface area (Å²) in [7, 11) is 0. The van der Waals surface area contributed by atoms with Gasteiger partial charge in [-0.1, -0.05) is 19.1 Å². The van der Waals surface area contributed by atoms with Crippen molar-refractivity contribution in [1.82, 2.24) is 9.88 Å². The van der Waals surface area contributed by atoms with Crippen LogP contribution in [0.25, 0.3) is 11.3 Å². The SMILES string of the molecule is CCC(C)N1Cc2cc(-c3cccc([N+](=O)[O-])c3)nc(C)c2C1=O. The van der Waals surface area contributed by atoms with Crippen molar-refractivity contribution in [2.75, 3.05) is 0 Å². The number of aromatic nitrogens is 1. The van der Waals surface area contributed by atoms with Gasteiger partial charge in [-0.05, 0) is 31.9 Å². The number of hydrogen-bond donors (Lipinski definition) is 0. The van der Waals surface area contributed by atoms with Crippen molar-refractivity contribution in [1.29, 1.82) is 0 Å². The zero-order valence-corrected chi connectivity index (χ0v) is 13.9. The molecule has 1 atom stereocenters. The third-order valence-electron chi connectivity index (χ3n) is 4.57. The summed E-state index contributed by atoms with van der Waals surface area (Å²) in [6.45, 7) is 6.47. The summed E-state index contributed by atoms with van der Waals surface area (Å²) in [4.78, 5) is 29.5. The van der Waals surface area contributed by atoms with Crippen LogP contribution in [-0.2, 0) is 6.54 Å². The zero-order chi connectivity index (χ0) is 17.4. The Labute approximate surface area is 140 Å². The lowest BCUT2D eigenvalue weighted by Gasteiger charge is -2.22. The fraction of sp³-hybridized carbons (Fsp3) is 0.333. The highest BCUT2D eigenvalue weighted by atomic mass is 16.6. The Hall–Kier alpha value is -2.76. The van der Waals surface area contributed by atoms with Crippen LogP contribution in [-0.4, -0.2) is 26.8 Å². The van der Waals surface area contributed by atoms with Crippen molar-refractivity contribution >= 4 is 11.6 Å². The number of nitrogens with zero attached hydrogens (tertiary/aromatic N) is 3. The molecular weight excluding hydrogens is 306 g/mol. The Morgan fingerprint density at radius 1 is 1.38 bits per heavy atom. The lowest BCUT2D eigenvalue weighted by Crippen LogP contribution is -2.32. The largest absolute Gasteiger partial charge is 0.332 e. The number of carbonyl (C=O) groups is 1. The van der Waals surface area contributed by atoms with Crippen molar-refractivity contribution in [2.45, 2.75) is 39.8 Å². The lowest BCUT2D eigenvalue weighted by atomic mass is 10.0. The molecule has 2 aromatic rings. The van der Waals surface area contributed by atoms with Gasteiger partial charge in [0.15, 0.2) is 0 Å². The Morgan fingerprint density at radius 3 is 2.79 bits per heavy atom. The third-order valence-corrected chi connectivity index (χ3v) is 4.57. The van der Waals surface area contributed by atoms with Gasteiger partial charge < -0.3 is 4.90 Å². The summed E-state index contributed by atoms with van der Waals surface area (Å²) >= 11 is 0. The summed E-state index contributed by atoms with van der Waals surface area (Å²) in [6, 6.07) is 8.46. The van der Waals surface area contributed by atoms with Crippen molar-refractivity contribution in [3.8, 4) is 11.3 Å². The number of carbonyl (C=O) groups excluding carboxylic acids is 1. The maximum atomic E-state index is 12.6. The van der Waals surface area contributed by atoms with E-state index < -0.39 is 4.92 Å². The molecule has 1 aromatic heterocycles. The van der Waals surface area contributed by atoms with E-state index in [4.69, 9.17) is 0 Å². The van der Waals surface area contributed by atoms with Gasteiger partial charge in [0, 0.05) is 30.3 Å². The normalized spacial score (nSPS) is 14.6. The number of fused-ring (bicyclic) bond motifs is 1. The highest BCUT2D eigenvalue weighted by molar-refractivity contribution is 6.00. The fourth-order valence-electron chi connectivity index (χ4n) is 3.06. The smallest absolute Gasteiger partial charge is 0.270 e. The maximum absolute atomic E-state index is 12.6. The van der Waals surface area contributed by atoms with Crippen molar-refractivity contribution < 1.29 is 9.72 Å². The first-order valence-electron chi connectivity index (χ1n) is 7.98. The first-order chi connectivity index (χ1) is 11.4. The van der Waals surface area contributed by atoms with Gasteiger partial charge in [0.05, 0.1) is 21.9 Å². The number of nitro benzene ring substituents is 1. The topological polar surface area (TPSA) is 76.3 Å². The predicted octanol–water partition coefficient (Wildman–Crippen LogP) is 3.72. The van der Waals surface area contributed by atoms with E-state index in [1.807, 2.05) is 24.8 Å². The molecule has 0 fully saturated rings. The van der Waals surface area contributed by atoms with E-state index in [1.54, 1.807) is 12.1 Å². The minimum atomic E-state index is -0.419. The second kappa shape index (κ2) is 6.03. The van der Waals surface area contributed by atoms with E-state index in [1.165, 1.54) is 12.1 Å². The van der Waals surface area contributed by atoms with Crippen LogP contribution in [0.5, 0.6) is 0 Å². The number of rotatable bonds is 4. The molecule has 24 heavy (non-hydrogen) atoms. The minimum Gasteiger partial charge on any atom is -0.332 e. The molecule has 6 heteroatoms. The maximum Gasteiger partial charge on any atom is 0.270 e. The number of amides is 1. The van der Waals surface area contributed by atoms with Crippen LogP contribution in [0.15, 0.2) is 30.3 Å². The van der Waals surface area contributed by atoms with E-state index in [-0.39, 0.29) is 17.6 Å². The molecule has 0 bridgehead atoms. The van der Waals surface area contributed by atoms with E-state index >= 15 is 0 Å². The molecule has 3 rings (SSSR count). The van der Waals surface area contributed by atoms with Crippen LogP contribution in [0, 0.1) is 17.0 Å².